The maximum Gasteiger partial charge on any atom is 0.260 e. The number of benzene rings is 3. The highest BCUT2D eigenvalue weighted by Crippen LogP contribution is 2.34. The number of rotatable bonds is 9. The fourth-order valence-electron chi connectivity index (χ4n) is 4.95. The van der Waals surface area contributed by atoms with Gasteiger partial charge in [-0.05, 0) is 86.2 Å². The molecule has 2 atom stereocenters. The smallest absolute Gasteiger partial charge is 0.260 e. The van der Waals surface area contributed by atoms with Gasteiger partial charge in [0.2, 0.25) is 0 Å². The molecule has 8 heteroatoms. The van der Waals surface area contributed by atoms with E-state index in [2.05, 4.69) is 48.1 Å². The third-order valence-corrected chi connectivity index (χ3v) is 8.32. The van der Waals surface area contributed by atoms with Crippen molar-refractivity contribution in [3.8, 4) is 5.75 Å². The van der Waals surface area contributed by atoms with E-state index in [4.69, 9.17) is 27.9 Å². The minimum Gasteiger partial charge on any atom is -0.479 e. The molecule has 0 radical (unpaired) electrons. The van der Waals surface area contributed by atoms with Gasteiger partial charge in [-0.1, -0.05) is 61.3 Å². The van der Waals surface area contributed by atoms with Gasteiger partial charge in [0.15, 0.2) is 6.10 Å². The van der Waals surface area contributed by atoms with Crippen molar-refractivity contribution < 1.29 is 14.3 Å². The molecule has 0 aliphatic rings. The summed E-state index contributed by atoms with van der Waals surface area (Å²) >= 11 is 13.0. The van der Waals surface area contributed by atoms with Gasteiger partial charge in [-0.25, -0.2) is 0 Å². The summed E-state index contributed by atoms with van der Waals surface area (Å²) < 4.78 is 7.98. The van der Waals surface area contributed by atoms with Crippen LogP contribution < -0.4 is 15.4 Å². The monoisotopic (exact) mass is 593 g/mol. The number of likely N-dealkylation sites (N-methyl/N-ethyl adjacent to an activating group) is 1. The molecule has 0 saturated carbocycles. The van der Waals surface area contributed by atoms with Gasteiger partial charge in [0.25, 0.3) is 11.8 Å². The Kier molecular flexibility index (Phi) is 9.35. The van der Waals surface area contributed by atoms with Crippen LogP contribution in [-0.4, -0.2) is 29.5 Å². The number of carbonyl (C=O) groups excluding carboxylic acids is 2. The summed E-state index contributed by atoms with van der Waals surface area (Å²) in [7, 11) is 1.56. The Hall–Kier alpha value is -3.48. The second-order valence-electron chi connectivity index (χ2n) is 10.8. The summed E-state index contributed by atoms with van der Waals surface area (Å²) in [5.74, 6) is 0.439. The molecular formula is C33H37Cl2N3O3. The number of carbonyl (C=O) groups is 2. The Labute approximate surface area is 252 Å². The zero-order valence-electron chi connectivity index (χ0n) is 24.6. The first-order chi connectivity index (χ1) is 19.4. The standard InChI is InChI=1S/C33H37Cl2N3O3/c1-18(2)23-9-8-10-24(13-23)20(4)37-33(40)25-11-12-30-27(14-25)19(3)21(5)38(30)17-26-15-31(29(35)16-28(26)34)41-22(6)32(39)36-7/h8-16,18,20,22H,17H2,1-7H3,(H,36,39)(H,37,40)/t20-,22-/m0/s1. The van der Waals surface area contributed by atoms with Crippen molar-refractivity contribution in [2.45, 2.75) is 66.2 Å². The number of halogens is 2. The van der Waals surface area contributed by atoms with E-state index in [1.807, 2.05) is 44.2 Å². The van der Waals surface area contributed by atoms with Crippen molar-refractivity contribution >= 4 is 45.9 Å². The lowest BCUT2D eigenvalue weighted by molar-refractivity contribution is -0.126. The van der Waals surface area contributed by atoms with Gasteiger partial charge < -0.3 is 19.9 Å². The van der Waals surface area contributed by atoms with Crippen LogP contribution in [0, 0.1) is 13.8 Å². The van der Waals surface area contributed by atoms with E-state index in [9.17, 15) is 9.59 Å². The number of nitrogens with zero attached hydrogens (tertiary/aromatic N) is 1. The van der Waals surface area contributed by atoms with E-state index in [0.29, 0.717) is 33.8 Å². The second kappa shape index (κ2) is 12.6. The average molecular weight is 595 g/mol. The first-order valence-corrected chi connectivity index (χ1v) is 14.5. The summed E-state index contributed by atoms with van der Waals surface area (Å²) in [5.41, 5.74) is 6.87. The molecule has 0 aliphatic heterocycles. The van der Waals surface area contributed by atoms with Gasteiger partial charge in [-0.15, -0.1) is 0 Å². The molecule has 1 heterocycles. The summed E-state index contributed by atoms with van der Waals surface area (Å²) in [6.45, 7) is 12.6. The van der Waals surface area contributed by atoms with Gasteiger partial charge in [-0.3, -0.25) is 9.59 Å². The highest BCUT2D eigenvalue weighted by atomic mass is 35.5. The second-order valence-corrected chi connectivity index (χ2v) is 11.6. The highest BCUT2D eigenvalue weighted by molar-refractivity contribution is 6.36. The van der Waals surface area contributed by atoms with Gasteiger partial charge in [0, 0.05) is 40.8 Å². The molecule has 1 aromatic heterocycles. The molecule has 216 valence electrons. The molecule has 3 aromatic carbocycles. The lowest BCUT2D eigenvalue weighted by atomic mass is 9.98. The Morgan fingerprint density at radius 3 is 2.32 bits per heavy atom. The number of hydrogen-bond donors (Lipinski definition) is 2. The van der Waals surface area contributed by atoms with Gasteiger partial charge in [-0.2, -0.15) is 0 Å². The third-order valence-electron chi connectivity index (χ3n) is 7.67. The van der Waals surface area contributed by atoms with E-state index in [1.54, 1.807) is 26.1 Å². The minimum absolute atomic E-state index is 0.119. The van der Waals surface area contributed by atoms with Crippen LogP contribution in [0.2, 0.25) is 10.0 Å². The molecule has 4 rings (SSSR count). The van der Waals surface area contributed by atoms with E-state index in [-0.39, 0.29) is 17.9 Å². The molecule has 4 aromatic rings. The van der Waals surface area contributed by atoms with Crippen molar-refractivity contribution in [1.29, 1.82) is 0 Å². The third kappa shape index (κ3) is 6.55. The maximum absolute atomic E-state index is 13.3. The summed E-state index contributed by atoms with van der Waals surface area (Å²) in [4.78, 5) is 25.2. The number of amides is 2. The fraction of sp³-hybridized carbons (Fsp3) is 0.333. The predicted molar refractivity (Wildman–Crippen MR) is 168 cm³/mol. The van der Waals surface area contributed by atoms with Gasteiger partial charge in [0.05, 0.1) is 11.1 Å². The van der Waals surface area contributed by atoms with Crippen LogP contribution in [0.15, 0.2) is 54.6 Å². The number of hydrogen-bond acceptors (Lipinski definition) is 3. The summed E-state index contributed by atoms with van der Waals surface area (Å²) in [6.07, 6.45) is -0.714. The van der Waals surface area contributed by atoms with Crippen molar-refractivity contribution in [3.63, 3.8) is 0 Å². The van der Waals surface area contributed by atoms with Crippen molar-refractivity contribution in [3.05, 3.63) is 98.2 Å². The fourth-order valence-corrected chi connectivity index (χ4v) is 5.43. The number of nitrogens with one attached hydrogen (secondary N) is 2. The number of aromatic nitrogens is 1. The molecule has 2 amide bonds. The molecule has 6 nitrogen and oxygen atoms in total. The Morgan fingerprint density at radius 2 is 1.63 bits per heavy atom. The van der Waals surface area contributed by atoms with Crippen LogP contribution in [0.25, 0.3) is 10.9 Å². The number of fused-ring (bicyclic) bond motifs is 1. The van der Waals surface area contributed by atoms with Crippen LogP contribution >= 0.6 is 23.2 Å². The normalized spacial score (nSPS) is 12.8. The number of aryl methyl sites for hydroxylation is 1. The molecule has 0 aliphatic carbocycles. The zero-order valence-corrected chi connectivity index (χ0v) is 26.1. The van der Waals surface area contributed by atoms with Crippen molar-refractivity contribution in [2.75, 3.05) is 7.05 Å². The summed E-state index contributed by atoms with van der Waals surface area (Å²) in [6, 6.07) is 17.4. The molecule has 0 bridgehead atoms. The van der Waals surface area contributed by atoms with Crippen molar-refractivity contribution in [2.24, 2.45) is 0 Å². The lowest BCUT2D eigenvalue weighted by Crippen LogP contribution is -2.33. The topological polar surface area (TPSA) is 72.4 Å². The van der Waals surface area contributed by atoms with E-state index in [0.717, 1.165) is 33.3 Å². The van der Waals surface area contributed by atoms with Crippen LogP contribution in [0.3, 0.4) is 0 Å². The first-order valence-electron chi connectivity index (χ1n) is 13.8. The zero-order chi connectivity index (χ0) is 30.0. The molecule has 0 spiro atoms. The molecule has 41 heavy (non-hydrogen) atoms. The van der Waals surface area contributed by atoms with Crippen LogP contribution in [0.5, 0.6) is 5.75 Å². The summed E-state index contributed by atoms with van der Waals surface area (Å²) in [5, 5.41) is 7.56. The number of ether oxygens (including phenoxy) is 1. The Balaban J connectivity index is 1.60. The molecule has 2 N–H and O–H groups in total. The molecular weight excluding hydrogens is 557 g/mol. The minimum atomic E-state index is -0.714. The van der Waals surface area contributed by atoms with Crippen LogP contribution in [0.4, 0.5) is 0 Å². The Morgan fingerprint density at radius 1 is 0.927 bits per heavy atom. The van der Waals surface area contributed by atoms with E-state index in [1.165, 1.54) is 5.56 Å². The van der Waals surface area contributed by atoms with Gasteiger partial charge >= 0.3 is 0 Å². The Bertz CT molecular complexity index is 1610. The molecule has 0 unspecified atom stereocenters. The SMILES string of the molecule is CNC(=O)[C@H](C)Oc1cc(Cn2c(C)c(C)c3cc(C(=O)N[C@@H](C)c4cccc(C(C)C)c4)ccc32)c(Cl)cc1Cl. The maximum atomic E-state index is 13.3. The van der Waals surface area contributed by atoms with Crippen LogP contribution in [0.1, 0.15) is 78.0 Å². The molecule has 0 saturated heterocycles. The lowest BCUT2D eigenvalue weighted by Gasteiger charge is -2.17. The quantitative estimate of drug-likeness (QED) is 0.208. The molecule has 0 fully saturated rings. The van der Waals surface area contributed by atoms with Crippen LogP contribution in [-0.2, 0) is 11.3 Å². The van der Waals surface area contributed by atoms with Gasteiger partial charge in [0.1, 0.15) is 5.75 Å². The van der Waals surface area contributed by atoms with Crippen molar-refractivity contribution in [1.82, 2.24) is 15.2 Å². The highest BCUT2D eigenvalue weighted by Gasteiger charge is 2.20. The average Bonchev–Trinajstić information content (AvgIpc) is 3.19. The predicted octanol–water partition coefficient (Wildman–Crippen LogP) is 7.74. The van der Waals surface area contributed by atoms with E-state index >= 15 is 0 Å². The first kappa shape index (κ1) is 30.5. The largest absolute Gasteiger partial charge is 0.479 e. The van der Waals surface area contributed by atoms with E-state index < -0.39 is 6.10 Å².